The van der Waals surface area contributed by atoms with Crippen molar-refractivity contribution >= 4 is 27.8 Å². The van der Waals surface area contributed by atoms with Gasteiger partial charge in [-0.15, -0.1) is 0 Å². The molecule has 0 bridgehead atoms. The van der Waals surface area contributed by atoms with Gasteiger partial charge >= 0.3 is 0 Å². The third-order valence-electron chi connectivity index (χ3n) is 1.84. The minimum atomic E-state index is -0.387. The van der Waals surface area contributed by atoms with E-state index < -0.39 is 0 Å². The number of carbonyl (C=O) groups excluding carboxylic acids is 1. The first-order valence-electron chi connectivity index (χ1n) is 4.51. The van der Waals surface area contributed by atoms with Crippen LogP contribution in [0.1, 0.15) is 16.2 Å². The standard InChI is InChI=1S/C10H8BrN3O2/c1-6-2-4-12-10(13-6)14-9(15)8-7(11)3-5-16-8/h2-5H,1H3,(H,12,13,14,15). The molecule has 0 aliphatic heterocycles. The molecule has 2 aromatic rings. The topological polar surface area (TPSA) is 68.0 Å². The molecule has 2 aromatic heterocycles. The molecule has 0 fully saturated rings. The first kappa shape index (κ1) is 10.8. The lowest BCUT2D eigenvalue weighted by Crippen LogP contribution is -2.14. The van der Waals surface area contributed by atoms with Crippen molar-refractivity contribution in [3.8, 4) is 0 Å². The van der Waals surface area contributed by atoms with E-state index in [-0.39, 0.29) is 17.6 Å². The predicted molar refractivity (Wildman–Crippen MR) is 61.1 cm³/mol. The number of aromatic nitrogens is 2. The molecular weight excluding hydrogens is 274 g/mol. The number of hydrogen-bond acceptors (Lipinski definition) is 4. The molecule has 82 valence electrons. The number of aryl methyl sites for hydroxylation is 1. The average molecular weight is 282 g/mol. The van der Waals surface area contributed by atoms with Crippen molar-refractivity contribution < 1.29 is 9.21 Å². The van der Waals surface area contributed by atoms with Gasteiger partial charge in [0.15, 0.2) is 0 Å². The number of nitrogens with zero attached hydrogens (tertiary/aromatic N) is 2. The SMILES string of the molecule is Cc1ccnc(NC(=O)c2occc2Br)n1. The molecule has 6 heteroatoms. The van der Waals surface area contributed by atoms with Crippen molar-refractivity contribution in [2.45, 2.75) is 6.92 Å². The molecule has 1 amide bonds. The summed E-state index contributed by atoms with van der Waals surface area (Å²) in [7, 11) is 0. The fourth-order valence-corrected chi connectivity index (χ4v) is 1.50. The molecule has 1 N–H and O–H groups in total. The number of amides is 1. The summed E-state index contributed by atoms with van der Waals surface area (Å²) in [6.45, 7) is 1.82. The zero-order valence-corrected chi connectivity index (χ0v) is 9.98. The molecule has 0 aliphatic rings. The van der Waals surface area contributed by atoms with Gasteiger partial charge < -0.3 is 4.42 Å². The van der Waals surface area contributed by atoms with Crippen molar-refractivity contribution in [2.75, 3.05) is 5.32 Å². The van der Waals surface area contributed by atoms with Crippen LogP contribution in [0.2, 0.25) is 0 Å². The zero-order chi connectivity index (χ0) is 11.5. The van der Waals surface area contributed by atoms with Gasteiger partial charge in [-0.3, -0.25) is 10.1 Å². The highest BCUT2D eigenvalue weighted by atomic mass is 79.9. The molecular formula is C10H8BrN3O2. The van der Waals surface area contributed by atoms with Crippen LogP contribution in [0.3, 0.4) is 0 Å². The molecule has 0 spiro atoms. The van der Waals surface area contributed by atoms with Crippen LogP contribution < -0.4 is 5.32 Å². The van der Waals surface area contributed by atoms with Crippen molar-refractivity contribution in [3.63, 3.8) is 0 Å². The summed E-state index contributed by atoms with van der Waals surface area (Å²) in [5, 5.41) is 2.54. The molecule has 2 heterocycles. The monoisotopic (exact) mass is 281 g/mol. The molecule has 0 saturated heterocycles. The van der Waals surface area contributed by atoms with Gasteiger partial charge in [-0.25, -0.2) is 9.97 Å². The second-order valence-electron chi connectivity index (χ2n) is 3.07. The van der Waals surface area contributed by atoms with Crippen molar-refractivity contribution in [1.29, 1.82) is 0 Å². The maximum atomic E-state index is 11.7. The minimum Gasteiger partial charge on any atom is -0.458 e. The number of hydrogen-bond donors (Lipinski definition) is 1. The van der Waals surface area contributed by atoms with E-state index in [1.807, 2.05) is 6.92 Å². The summed E-state index contributed by atoms with van der Waals surface area (Å²) in [4.78, 5) is 19.7. The van der Waals surface area contributed by atoms with Gasteiger partial charge in [0.25, 0.3) is 5.91 Å². The van der Waals surface area contributed by atoms with E-state index in [9.17, 15) is 4.79 Å². The third-order valence-corrected chi connectivity index (χ3v) is 2.47. The Morgan fingerprint density at radius 1 is 1.50 bits per heavy atom. The first-order chi connectivity index (χ1) is 7.66. The van der Waals surface area contributed by atoms with Gasteiger partial charge in [-0.05, 0) is 35.0 Å². The van der Waals surface area contributed by atoms with Gasteiger partial charge in [-0.2, -0.15) is 0 Å². The minimum absolute atomic E-state index is 0.199. The number of halogens is 1. The number of carbonyl (C=O) groups is 1. The van der Waals surface area contributed by atoms with Crippen molar-refractivity contribution in [3.05, 3.63) is 40.5 Å². The van der Waals surface area contributed by atoms with E-state index in [0.717, 1.165) is 5.69 Å². The Hall–Kier alpha value is -1.69. The van der Waals surface area contributed by atoms with Gasteiger partial charge in [0.05, 0.1) is 10.7 Å². The van der Waals surface area contributed by atoms with E-state index in [4.69, 9.17) is 4.42 Å². The molecule has 0 aliphatic carbocycles. The lowest BCUT2D eigenvalue weighted by atomic mass is 10.4. The Labute approximate surface area is 100 Å². The molecule has 0 radical (unpaired) electrons. The summed E-state index contributed by atoms with van der Waals surface area (Å²) in [5.41, 5.74) is 0.781. The van der Waals surface area contributed by atoms with Gasteiger partial charge in [0, 0.05) is 11.9 Å². The van der Waals surface area contributed by atoms with Gasteiger partial charge in [0.1, 0.15) is 0 Å². The lowest BCUT2D eigenvalue weighted by molar-refractivity contribution is 0.0995. The van der Waals surface area contributed by atoms with Gasteiger partial charge in [0.2, 0.25) is 11.7 Å². The molecule has 0 unspecified atom stereocenters. The highest BCUT2D eigenvalue weighted by Crippen LogP contribution is 2.18. The fourth-order valence-electron chi connectivity index (χ4n) is 1.12. The van der Waals surface area contributed by atoms with Crippen LogP contribution in [0, 0.1) is 6.92 Å². The Morgan fingerprint density at radius 2 is 2.31 bits per heavy atom. The normalized spacial score (nSPS) is 10.1. The lowest BCUT2D eigenvalue weighted by Gasteiger charge is -2.01. The molecule has 0 atom stereocenters. The van der Waals surface area contributed by atoms with Crippen LogP contribution >= 0.6 is 15.9 Å². The Balaban J connectivity index is 2.17. The van der Waals surface area contributed by atoms with Crippen molar-refractivity contribution in [2.24, 2.45) is 0 Å². The molecule has 5 nitrogen and oxygen atoms in total. The fraction of sp³-hybridized carbons (Fsp3) is 0.100. The van der Waals surface area contributed by atoms with Crippen molar-refractivity contribution in [1.82, 2.24) is 9.97 Å². The highest BCUT2D eigenvalue weighted by molar-refractivity contribution is 9.10. The number of furan rings is 1. The van der Waals surface area contributed by atoms with E-state index >= 15 is 0 Å². The van der Waals surface area contributed by atoms with E-state index in [1.165, 1.54) is 6.26 Å². The first-order valence-corrected chi connectivity index (χ1v) is 5.30. The Kier molecular flexibility index (Phi) is 3.00. The Bertz CT molecular complexity index is 524. The summed E-state index contributed by atoms with van der Waals surface area (Å²) >= 11 is 3.20. The van der Waals surface area contributed by atoms with Crippen LogP contribution in [-0.4, -0.2) is 15.9 Å². The second kappa shape index (κ2) is 4.44. The summed E-state index contributed by atoms with van der Waals surface area (Å²) in [6, 6.07) is 3.39. The largest absolute Gasteiger partial charge is 0.458 e. The zero-order valence-electron chi connectivity index (χ0n) is 8.40. The molecule has 2 rings (SSSR count). The number of anilines is 1. The quantitative estimate of drug-likeness (QED) is 0.918. The number of nitrogens with one attached hydrogen (secondary N) is 1. The molecule has 16 heavy (non-hydrogen) atoms. The summed E-state index contributed by atoms with van der Waals surface area (Å²) < 4.78 is 5.61. The summed E-state index contributed by atoms with van der Waals surface area (Å²) in [5.74, 6) is 0.0703. The highest BCUT2D eigenvalue weighted by Gasteiger charge is 2.14. The van der Waals surface area contributed by atoms with Gasteiger partial charge in [-0.1, -0.05) is 0 Å². The second-order valence-corrected chi connectivity index (χ2v) is 3.93. The number of rotatable bonds is 2. The van der Waals surface area contributed by atoms with E-state index in [0.29, 0.717) is 4.47 Å². The van der Waals surface area contributed by atoms with Crippen LogP contribution in [0.25, 0.3) is 0 Å². The average Bonchev–Trinajstić information content (AvgIpc) is 2.64. The maximum Gasteiger partial charge on any atom is 0.294 e. The summed E-state index contributed by atoms with van der Waals surface area (Å²) in [6.07, 6.45) is 3.01. The van der Waals surface area contributed by atoms with E-state index in [1.54, 1.807) is 18.3 Å². The molecule has 0 saturated carbocycles. The van der Waals surface area contributed by atoms with Crippen LogP contribution in [-0.2, 0) is 0 Å². The maximum absolute atomic E-state index is 11.7. The van der Waals surface area contributed by atoms with Crippen LogP contribution in [0.4, 0.5) is 5.95 Å². The Morgan fingerprint density at radius 3 is 2.94 bits per heavy atom. The smallest absolute Gasteiger partial charge is 0.294 e. The van der Waals surface area contributed by atoms with Crippen LogP contribution in [0.5, 0.6) is 0 Å². The third kappa shape index (κ3) is 2.27. The van der Waals surface area contributed by atoms with Crippen LogP contribution in [0.15, 0.2) is 33.5 Å². The molecule has 0 aromatic carbocycles. The van der Waals surface area contributed by atoms with E-state index in [2.05, 4.69) is 31.2 Å². The predicted octanol–water partition coefficient (Wildman–Crippen LogP) is 2.39.